The average Bonchev–Trinajstić information content (AvgIpc) is 3.48. The van der Waals surface area contributed by atoms with Gasteiger partial charge in [-0.3, -0.25) is 14.7 Å². The molecule has 1 aliphatic rings. The zero-order valence-electron chi connectivity index (χ0n) is 17.9. The average molecular weight is 487 g/mol. The van der Waals surface area contributed by atoms with Crippen LogP contribution in [0.1, 0.15) is 43.2 Å². The molecule has 3 N–H and O–H groups in total. The van der Waals surface area contributed by atoms with Crippen LogP contribution in [-0.2, 0) is 25.7 Å². The number of benzene rings is 2. The van der Waals surface area contributed by atoms with Crippen LogP contribution >= 0.6 is 0 Å². The van der Waals surface area contributed by atoms with Crippen LogP contribution in [0, 0.1) is 5.82 Å². The summed E-state index contributed by atoms with van der Waals surface area (Å²) in [7, 11) is 0. The maximum Gasteiger partial charge on any atom is 0.416 e. The first-order valence-electron chi connectivity index (χ1n) is 10.5. The van der Waals surface area contributed by atoms with Crippen LogP contribution in [0.15, 0.2) is 36.4 Å². The van der Waals surface area contributed by atoms with Crippen molar-refractivity contribution in [2.24, 2.45) is 0 Å². The van der Waals surface area contributed by atoms with E-state index < -0.39 is 30.0 Å². The predicted octanol–water partition coefficient (Wildman–Crippen LogP) is 2.97. The number of halogens is 4. The Balaban J connectivity index is 1.27. The van der Waals surface area contributed by atoms with E-state index in [-0.39, 0.29) is 23.7 Å². The summed E-state index contributed by atoms with van der Waals surface area (Å²) in [5.74, 6) is -1.74. The topological polar surface area (TPSA) is 120 Å². The maximum absolute atomic E-state index is 14.0. The van der Waals surface area contributed by atoms with E-state index in [1.165, 1.54) is 0 Å². The standard InChI is InChI=1S/C22H17F4N7O2/c23-15-3-2-13(22(24,25)26)7-12(15)9-27-20(34)19-14-5-6-33(10-18(14)28-31-19)21(35)11-1-4-16-17(8-11)30-32-29-16/h1-4,7-8H,5-6,9-10H2,(H,27,34)(H,28,31)(H,29,30,32). The number of nitrogens with one attached hydrogen (secondary N) is 3. The van der Waals surface area contributed by atoms with Gasteiger partial charge in [-0.1, -0.05) is 0 Å². The number of fused-ring (bicyclic) bond motifs is 2. The Kier molecular flexibility index (Phi) is 5.46. The highest BCUT2D eigenvalue weighted by molar-refractivity contribution is 5.98. The quantitative estimate of drug-likeness (QED) is 0.383. The van der Waals surface area contributed by atoms with Crippen LogP contribution in [-0.4, -0.2) is 48.9 Å². The molecule has 13 heteroatoms. The Morgan fingerprint density at radius 1 is 1.06 bits per heavy atom. The molecule has 9 nitrogen and oxygen atoms in total. The second-order valence-electron chi connectivity index (χ2n) is 8.02. The molecule has 0 aliphatic carbocycles. The Labute approximate surface area is 194 Å². The zero-order chi connectivity index (χ0) is 24.7. The van der Waals surface area contributed by atoms with Gasteiger partial charge in [-0.15, -0.1) is 0 Å². The van der Waals surface area contributed by atoms with Crippen molar-refractivity contribution in [1.29, 1.82) is 0 Å². The van der Waals surface area contributed by atoms with E-state index >= 15 is 0 Å². The Hall–Kier alpha value is -4.29. The molecule has 0 unspecified atom stereocenters. The second-order valence-corrected chi connectivity index (χ2v) is 8.02. The van der Waals surface area contributed by atoms with Crippen molar-refractivity contribution in [3.05, 3.63) is 75.9 Å². The summed E-state index contributed by atoms with van der Waals surface area (Å²) in [6.07, 6.45) is -4.29. The van der Waals surface area contributed by atoms with E-state index in [1.807, 2.05) is 0 Å². The number of aromatic amines is 2. The summed E-state index contributed by atoms with van der Waals surface area (Å²) >= 11 is 0. The third kappa shape index (κ3) is 4.32. The third-order valence-electron chi connectivity index (χ3n) is 5.81. The minimum Gasteiger partial charge on any atom is -0.346 e. The number of nitrogens with zero attached hydrogens (tertiary/aromatic N) is 4. The molecule has 1 aliphatic heterocycles. The molecule has 180 valence electrons. The number of aromatic nitrogens is 5. The van der Waals surface area contributed by atoms with Gasteiger partial charge >= 0.3 is 6.18 Å². The van der Waals surface area contributed by atoms with Gasteiger partial charge < -0.3 is 10.2 Å². The van der Waals surface area contributed by atoms with Crippen LogP contribution in [0.5, 0.6) is 0 Å². The molecule has 0 fully saturated rings. The fraction of sp³-hybridized carbons (Fsp3) is 0.227. The molecule has 0 radical (unpaired) electrons. The van der Waals surface area contributed by atoms with Gasteiger partial charge in [-0.2, -0.15) is 33.7 Å². The summed E-state index contributed by atoms with van der Waals surface area (Å²) in [5.41, 5.74) is 1.57. The molecule has 0 spiro atoms. The summed E-state index contributed by atoms with van der Waals surface area (Å²) in [4.78, 5) is 27.2. The third-order valence-corrected chi connectivity index (χ3v) is 5.81. The molecule has 0 saturated heterocycles. The van der Waals surface area contributed by atoms with Crippen molar-refractivity contribution in [2.75, 3.05) is 6.54 Å². The highest BCUT2D eigenvalue weighted by Gasteiger charge is 2.31. The van der Waals surface area contributed by atoms with Crippen LogP contribution in [0.2, 0.25) is 0 Å². The van der Waals surface area contributed by atoms with Gasteiger partial charge in [-0.25, -0.2) is 4.39 Å². The number of alkyl halides is 3. The number of rotatable bonds is 4. The summed E-state index contributed by atoms with van der Waals surface area (Å²) < 4.78 is 52.7. The number of amides is 2. The Morgan fingerprint density at radius 3 is 2.66 bits per heavy atom. The molecular formula is C22H17F4N7O2. The van der Waals surface area contributed by atoms with Crippen molar-refractivity contribution >= 4 is 22.8 Å². The number of hydrogen-bond acceptors (Lipinski definition) is 5. The van der Waals surface area contributed by atoms with Gasteiger partial charge in [-0.05, 0) is 42.8 Å². The highest BCUT2D eigenvalue weighted by Crippen LogP contribution is 2.30. The normalized spacial score (nSPS) is 13.7. The predicted molar refractivity (Wildman–Crippen MR) is 113 cm³/mol. The van der Waals surface area contributed by atoms with Crippen LogP contribution in [0.4, 0.5) is 17.6 Å². The molecule has 3 heterocycles. The molecule has 0 bridgehead atoms. The first-order chi connectivity index (χ1) is 16.7. The van der Waals surface area contributed by atoms with Crippen molar-refractivity contribution in [1.82, 2.24) is 35.8 Å². The largest absolute Gasteiger partial charge is 0.416 e. The van der Waals surface area contributed by atoms with Crippen LogP contribution < -0.4 is 5.32 Å². The lowest BCUT2D eigenvalue weighted by Gasteiger charge is -2.27. The first kappa shape index (κ1) is 22.5. The summed E-state index contributed by atoms with van der Waals surface area (Å²) in [6, 6.07) is 6.99. The molecule has 5 rings (SSSR count). The monoisotopic (exact) mass is 487 g/mol. The van der Waals surface area contributed by atoms with Gasteiger partial charge in [0.05, 0.1) is 17.8 Å². The minimum atomic E-state index is -4.63. The minimum absolute atomic E-state index is 0.0588. The molecule has 2 aromatic carbocycles. The lowest BCUT2D eigenvalue weighted by molar-refractivity contribution is -0.137. The molecule has 4 aromatic rings. The fourth-order valence-corrected chi connectivity index (χ4v) is 3.98. The van der Waals surface area contributed by atoms with Crippen LogP contribution in [0.25, 0.3) is 11.0 Å². The van der Waals surface area contributed by atoms with Gasteiger partial charge in [0, 0.05) is 29.8 Å². The van der Waals surface area contributed by atoms with E-state index in [0.29, 0.717) is 59.0 Å². The molecule has 35 heavy (non-hydrogen) atoms. The molecule has 2 amide bonds. The van der Waals surface area contributed by atoms with Crippen molar-refractivity contribution in [3.63, 3.8) is 0 Å². The van der Waals surface area contributed by atoms with Gasteiger partial charge in [0.25, 0.3) is 11.8 Å². The first-order valence-corrected chi connectivity index (χ1v) is 10.5. The van der Waals surface area contributed by atoms with E-state index in [9.17, 15) is 27.2 Å². The Morgan fingerprint density at radius 2 is 1.86 bits per heavy atom. The van der Waals surface area contributed by atoms with Gasteiger partial charge in [0.15, 0.2) is 5.69 Å². The number of carbonyl (C=O) groups excluding carboxylic acids is 2. The number of H-pyrrole nitrogens is 2. The highest BCUT2D eigenvalue weighted by atomic mass is 19.4. The van der Waals surface area contributed by atoms with E-state index in [0.717, 1.165) is 0 Å². The zero-order valence-corrected chi connectivity index (χ0v) is 17.9. The molecule has 0 atom stereocenters. The van der Waals surface area contributed by atoms with E-state index in [4.69, 9.17) is 0 Å². The smallest absolute Gasteiger partial charge is 0.346 e. The maximum atomic E-state index is 14.0. The lowest BCUT2D eigenvalue weighted by Crippen LogP contribution is -2.36. The SMILES string of the molecule is O=C(NCc1cc(C(F)(F)F)ccc1F)c1n[nH]c2c1CCN(C(=O)c1ccc3n[nH]nc3c1)C2. The van der Waals surface area contributed by atoms with Crippen molar-refractivity contribution in [3.8, 4) is 0 Å². The molecular weight excluding hydrogens is 470 g/mol. The molecule has 2 aromatic heterocycles. The summed E-state index contributed by atoms with van der Waals surface area (Å²) in [6.45, 7) is 0.0731. The lowest BCUT2D eigenvalue weighted by atomic mass is 10.0. The Bertz CT molecular complexity index is 1440. The van der Waals surface area contributed by atoms with Crippen molar-refractivity contribution < 1.29 is 27.2 Å². The second kappa shape index (κ2) is 8.49. The van der Waals surface area contributed by atoms with E-state index in [1.54, 1.807) is 23.1 Å². The number of hydrogen-bond donors (Lipinski definition) is 3. The fourth-order valence-electron chi connectivity index (χ4n) is 3.98. The van der Waals surface area contributed by atoms with E-state index in [2.05, 4.69) is 30.9 Å². The van der Waals surface area contributed by atoms with Crippen LogP contribution in [0.3, 0.4) is 0 Å². The summed E-state index contributed by atoms with van der Waals surface area (Å²) in [5, 5.41) is 19.6. The van der Waals surface area contributed by atoms with Gasteiger partial charge in [0.2, 0.25) is 0 Å². The van der Waals surface area contributed by atoms with Crippen molar-refractivity contribution in [2.45, 2.75) is 25.7 Å². The molecule has 0 saturated carbocycles. The van der Waals surface area contributed by atoms with Gasteiger partial charge in [0.1, 0.15) is 16.9 Å². The number of carbonyl (C=O) groups is 2.